The first-order valence-electron chi connectivity index (χ1n) is 5.12. The minimum atomic E-state index is -0.338. The zero-order chi connectivity index (χ0) is 11.4. The molecule has 1 aromatic rings. The average molecular weight is 209 g/mol. The van der Waals surface area contributed by atoms with E-state index in [9.17, 15) is 9.18 Å². The van der Waals surface area contributed by atoms with Crippen LogP contribution in [0.1, 0.15) is 31.1 Å². The Bertz CT molecular complexity index is 349. The summed E-state index contributed by atoms with van der Waals surface area (Å²) < 4.78 is 13.6. The van der Waals surface area contributed by atoms with Crippen molar-refractivity contribution in [3.63, 3.8) is 0 Å². The van der Waals surface area contributed by atoms with Crippen molar-refractivity contribution in [1.29, 1.82) is 0 Å². The van der Waals surface area contributed by atoms with Gasteiger partial charge in [-0.25, -0.2) is 4.39 Å². The molecular formula is C12H16FNO. The van der Waals surface area contributed by atoms with Crippen molar-refractivity contribution in [2.75, 3.05) is 11.4 Å². The van der Waals surface area contributed by atoms with Crippen molar-refractivity contribution in [2.45, 2.75) is 26.8 Å². The van der Waals surface area contributed by atoms with Gasteiger partial charge in [-0.15, -0.1) is 0 Å². The summed E-state index contributed by atoms with van der Waals surface area (Å²) >= 11 is 0. The molecule has 0 aliphatic rings. The van der Waals surface area contributed by atoms with Crippen molar-refractivity contribution in [3.8, 4) is 0 Å². The lowest BCUT2D eigenvalue weighted by molar-refractivity contribution is 0.112. The highest BCUT2D eigenvalue weighted by Crippen LogP contribution is 2.24. The molecule has 82 valence electrons. The Balaban J connectivity index is 3.26. The van der Waals surface area contributed by atoms with Gasteiger partial charge in [0.15, 0.2) is 6.29 Å². The first kappa shape index (κ1) is 11.7. The molecule has 0 amide bonds. The number of hydrogen-bond acceptors (Lipinski definition) is 2. The number of hydrogen-bond donors (Lipinski definition) is 0. The SMILES string of the molecule is CCN(c1c(F)cccc1C=O)C(C)C. The molecule has 0 N–H and O–H groups in total. The van der Waals surface area contributed by atoms with E-state index in [1.54, 1.807) is 12.1 Å². The first-order valence-corrected chi connectivity index (χ1v) is 5.12. The predicted octanol–water partition coefficient (Wildman–Crippen LogP) is 2.87. The maximum atomic E-state index is 13.6. The van der Waals surface area contributed by atoms with Gasteiger partial charge in [0.2, 0.25) is 0 Å². The second-order valence-corrected chi connectivity index (χ2v) is 3.68. The Hall–Kier alpha value is -1.38. The van der Waals surface area contributed by atoms with E-state index >= 15 is 0 Å². The second-order valence-electron chi connectivity index (χ2n) is 3.68. The van der Waals surface area contributed by atoms with E-state index in [-0.39, 0.29) is 11.9 Å². The zero-order valence-corrected chi connectivity index (χ0v) is 9.33. The highest BCUT2D eigenvalue weighted by molar-refractivity contribution is 5.84. The molecule has 0 saturated heterocycles. The number of anilines is 1. The molecule has 1 aromatic carbocycles. The number of carbonyl (C=O) groups is 1. The normalized spacial score (nSPS) is 10.5. The zero-order valence-electron chi connectivity index (χ0n) is 9.33. The number of carbonyl (C=O) groups excluding carboxylic acids is 1. The molecule has 0 saturated carbocycles. The summed E-state index contributed by atoms with van der Waals surface area (Å²) in [6, 6.07) is 4.74. The summed E-state index contributed by atoms with van der Waals surface area (Å²) in [5.74, 6) is -0.338. The van der Waals surface area contributed by atoms with Crippen LogP contribution in [0.5, 0.6) is 0 Å². The average Bonchev–Trinajstić information content (AvgIpc) is 2.21. The topological polar surface area (TPSA) is 20.3 Å². The van der Waals surface area contributed by atoms with Crippen molar-refractivity contribution >= 4 is 12.0 Å². The third-order valence-electron chi connectivity index (χ3n) is 2.40. The Morgan fingerprint density at radius 2 is 2.13 bits per heavy atom. The molecule has 0 radical (unpaired) electrons. The van der Waals surface area contributed by atoms with Gasteiger partial charge in [0, 0.05) is 18.2 Å². The Labute approximate surface area is 89.7 Å². The molecule has 15 heavy (non-hydrogen) atoms. The third-order valence-corrected chi connectivity index (χ3v) is 2.40. The Kier molecular flexibility index (Phi) is 3.83. The molecule has 0 heterocycles. The third kappa shape index (κ3) is 2.35. The molecule has 0 spiro atoms. The maximum Gasteiger partial charge on any atom is 0.152 e. The highest BCUT2D eigenvalue weighted by Gasteiger charge is 2.16. The van der Waals surface area contributed by atoms with Crippen molar-refractivity contribution in [2.24, 2.45) is 0 Å². The molecule has 0 bridgehead atoms. The number of halogens is 1. The van der Waals surface area contributed by atoms with E-state index in [2.05, 4.69) is 0 Å². The van der Waals surface area contributed by atoms with Crippen LogP contribution in [0.3, 0.4) is 0 Å². The fourth-order valence-electron chi connectivity index (χ4n) is 1.71. The van der Waals surface area contributed by atoms with E-state index in [1.165, 1.54) is 6.07 Å². The summed E-state index contributed by atoms with van der Waals surface area (Å²) in [7, 11) is 0. The van der Waals surface area contributed by atoms with Crippen LogP contribution in [-0.4, -0.2) is 18.9 Å². The standard InChI is InChI=1S/C12H16FNO/c1-4-14(9(2)3)12-10(8-15)6-5-7-11(12)13/h5-9H,4H2,1-3H3. The van der Waals surface area contributed by atoms with Gasteiger partial charge >= 0.3 is 0 Å². The molecule has 3 heteroatoms. The fourth-order valence-corrected chi connectivity index (χ4v) is 1.71. The van der Waals surface area contributed by atoms with Crippen molar-refractivity contribution in [3.05, 3.63) is 29.6 Å². The van der Waals surface area contributed by atoms with Crippen LogP contribution in [-0.2, 0) is 0 Å². The van der Waals surface area contributed by atoms with Gasteiger partial charge < -0.3 is 4.90 Å². The molecule has 0 atom stereocenters. The number of benzene rings is 1. The Morgan fingerprint density at radius 1 is 1.47 bits per heavy atom. The molecule has 2 nitrogen and oxygen atoms in total. The highest BCUT2D eigenvalue weighted by atomic mass is 19.1. The molecule has 0 aromatic heterocycles. The van der Waals surface area contributed by atoms with E-state index in [0.717, 1.165) is 0 Å². The lowest BCUT2D eigenvalue weighted by Gasteiger charge is -2.28. The number of para-hydroxylation sites is 1. The van der Waals surface area contributed by atoms with E-state index in [1.807, 2.05) is 25.7 Å². The van der Waals surface area contributed by atoms with Gasteiger partial charge in [-0.05, 0) is 32.9 Å². The Morgan fingerprint density at radius 3 is 2.60 bits per heavy atom. The molecule has 0 unspecified atom stereocenters. The van der Waals surface area contributed by atoms with E-state index in [4.69, 9.17) is 0 Å². The summed E-state index contributed by atoms with van der Waals surface area (Å²) in [5, 5.41) is 0. The van der Waals surface area contributed by atoms with Crippen LogP contribution in [0.2, 0.25) is 0 Å². The van der Waals surface area contributed by atoms with Crippen LogP contribution in [0.4, 0.5) is 10.1 Å². The number of rotatable bonds is 4. The monoisotopic (exact) mass is 209 g/mol. The number of nitrogens with zero attached hydrogens (tertiary/aromatic N) is 1. The second kappa shape index (κ2) is 4.91. The summed E-state index contributed by atoms with van der Waals surface area (Å²) in [4.78, 5) is 12.7. The van der Waals surface area contributed by atoms with Gasteiger partial charge in [-0.3, -0.25) is 4.79 Å². The lowest BCUT2D eigenvalue weighted by Crippen LogP contribution is -2.32. The lowest BCUT2D eigenvalue weighted by atomic mass is 10.1. The minimum absolute atomic E-state index is 0.172. The van der Waals surface area contributed by atoms with Gasteiger partial charge in [-0.2, -0.15) is 0 Å². The fraction of sp³-hybridized carbons (Fsp3) is 0.417. The van der Waals surface area contributed by atoms with Crippen LogP contribution in [0.25, 0.3) is 0 Å². The molecule has 0 aliphatic carbocycles. The van der Waals surface area contributed by atoms with Gasteiger partial charge in [-0.1, -0.05) is 6.07 Å². The summed E-state index contributed by atoms with van der Waals surface area (Å²) in [5.41, 5.74) is 0.815. The summed E-state index contributed by atoms with van der Waals surface area (Å²) in [6.45, 7) is 6.58. The van der Waals surface area contributed by atoms with Crippen molar-refractivity contribution in [1.82, 2.24) is 0 Å². The molecule has 0 fully saturated rings. The quantitative estimate of drug-likeness (QED) is 0.711. The maximum absolute atomic E-state index is 13.6. The van der Waals surface area contributed by atoms with Crippen LogP contribution in [0, 0.1) is 5.82 Å². The smallest absolute Gasteiger partial charge is 0.152 e. The molecule has 1 rings (SSSR count). The predicted molar refractivity (Wildman–Crippen MR) is 59.9 cm³/mol. The molecule has 0 aliphatic heterocycles. The van der Waals surface area contributed by atoms with Crippen LogP contribution in [0.15, 0.2) is 18.2 Å². The van der Waals surface area contributed by atoms with Gasteiger partial charge in [0.05, 0.1) is 5.69 Å². The first-order chi connectivity index (χ1) is 7.11. The van der Waals surface area contributed by atoms with Crippen LogP contribution >= 0.6 is 0 Å². The molecular weight excluding hydrogens is 193 g/mol. The largest absolute Gasteiger partial charge is 0.366 e. The van der Waals surface area contributed by atoms with E-state index in [0.29, 0.717) is 24.1 Å². The van der Waals surface area contributed by atoms with E-state index < -0.39 is 0 Å². The van der Waals surface area contributed by atoms with Crippen LogP contribution < -0.4 is 4.90 Å². The van der Waals surface area contributed by atoms with Gasteiger partial charge in [0.1, 0.15) is 5.82 Å². The number of aldehydes is 1. The minimum Gasteiger partial charge on any atom is -0.366 e. The van der Waals surface area contributed by atoms with Gasteiger partial charge in [0.25, 0.3) is 0 Å². The summed E-state index contributed by atoms with van der Waals surface area (Å²) in [6.07, 6.45) is 0.698. The van der Waals surface area contributed by atoms with Crippen molar-refractivity contribution < 1.29 is 9.18 Å².